The average molecular weight is 419 g/mol. The number of nitrogens with zero attached hydrogens (tertiary/aromatic N) is 1. The smallest absolute Gasteiger partial charge is 0.282 e. The molecule has 0 saturated heterocycles. The van der Waals surface area contributed by atoms with Crippen LogP contribution < -0.4 is 15.4 Å². The fourth-order valence-electron chi connectivity index (χ4n) is 2.09. The molecule has 0 aliphatic rings. The fraction of sp³-hybridized carbons (Fsp3) is 0.188. The first-order valence-corrected chi connectivity index (χ1v) is 8.37. The Morgan fingerprint density at radius 1 is 1.15 bits per heavy atom. The van der Waals surface area contributed by atoms with Crippen molar-refractivity contribution in [1.82, 2.24) is 5.32 Å². The molecule has 1 unspecified atom stereocenters. The highest BCUT2D eigenvalue weighted by Crippen LogP contribution is 2.32. The van der Waals surface area contributed by atoms with Gasteiger partial charge in [0.15, 0.2) is 0 Å². The highest BCUT2D eigenvalue weighted by Gasteiger charge is 2.35. The van der Waals surface area contributed by atoms with Gasteiger partial charge in [0, 0.05) is 11.8 Å². The summed E-state index contributed by atoms with van der Waals surface area (Å²) in [7, 11) is 1.53. The Balaban J connectivity index is 2.23. The zero-order valence-corrected chi connectivity index (χ0v) is 15.7. The van der Waals surface area contributed by atoms with Crippen molar-refractivity contribution in [2.24, 2.45) is 0 Å². The van der Waals surface area contributed by atoms with E-state index in [4.69, 9.17) is 39.5 Å². The average Bonchev–Trinajstić information content (AvgIpc) is 2.60. The van der Waals surface area contributed by atoms with Crippen LogP contribution in [0.15, 0.2) is 48.5 Å². The van der Waals surface area contributed by atoms with E-state index in [9.17, 15) is 14.9 Å². The molecule has 2 aromatic rings. The normalized spacial score (nSPS) is 12.2. The number of anilines is 1. The largest absolute Gasteiger partial charge is 0.497 e. The quantitative estimate of drug-likeness (QED) is 0.318. The zero-order valence-electron chi connectivity index (χ0n) is 13.4. The van der Waals surface area contributed by atoms with Crippen LogP contribution in [0.3, 0.4) is 0 Å². The van der Waals surface area contributed by atoms with Crippen LogP contribution >= 0.6 is 34.8 Å². The number of halogens is 3. The molecule has 1 atom stereocenters. The third-order valence-electron chi connectivity index (χ3n) is 3.35. The Morgan fingerprint density at radius 2 is 1.77 bits per heavy atom. The zero-order chi connectivity index (χ0) is 19.3. The van der Waals surface area contributed by atoms with Crippen LogP contribution in [0.25, 0.3) is 0 Å². The van der Waals surface area contributed by atoms with Gasteiger partial charge < -0.3 is 15.4 Å². The van der Waals surface area contributed by atoms with Crippen molar-refractivity contribution in [1.29, 1.82) is 0 Å². The number of alkyl halides is 3. The lowest BCUT2D eigenvalue weighted by atomic mass is 10.1. The summed E-state index contributed by atoms with van der Waals surface area (Å²) in [5.41, 5.74) is 0.0517. The number of carbonyl (C=O) groups is 1. The lowest BCUT2D eigenvalue weighted by molar-refractivity contribution is -0.385. The Kier molecular flexibility index (Phi) is 6.52. The van der Waals surface area contributed by atoms with E-state index in [1.54, 1.807) is 24.3 Å². The van der Waals surface area contributed by atoms with Gasteiger partial charge >= 0.3 is 0 Å². The van der Waals surface area contributed by atoms with Crippen LogP contribution in [0.4, 0.5) is 11.4 Å². The number of amides is 1. The minimum absolute atomic E-state index is 0.145. The van der Waals surface area contributed by atoms with E-state index in [-0.39, 0.29) is 11.3 Å². The summed E-state index contributed by atoms with van der Waals surface area (Å²) in [5, 5.41) is 16.4. The summed E-state index contributed by atoms with van der Waals surface area (Å²) >= 11 is 17.8. The van der Waals surface area contributed by atoms with E-state index in [0.717, 1.165) is 0 Å². The van der Waals surface area contributed by atoms with Crippen LogP contribution in [0.2, 0.25) is 0 Å². The number of benzene rings is 2. The second-order valence-corrected chi connectivity index (χ2v) is 7.46. The Bertz CT molecular complexity index is 794. The van der Waals surface area contributed by atoms with E-state index in [1.165, 1.54) is 31.4 Å². The molecule has 2 N–H and O–H groups in total. The van der Waals surface area contributed by atoms with Crippen molar-refractivity contribution in [2.75, 3.05) is 12.4 Å². The highest BCUT2D eigenvalue weighted by atomic mass is 35.6. The molecule has 0 fully saturated rings. The SMILES string of the molecule is COc1ccc(NC(NC(=O)c2ccccc2[N+](=O)[O-])C(Cl)(Cl)Cl)cc1. The molecule has 1 amide bonds. The van der Waals surface area contributed by atoms with Gasteiger partial charge in [-0.05, 0) is 30.3 Å². The Labute approximate surface area is 164 Å². The number of carbonyl (C=O) groups excluding carboxylic acids is 1. The molecule has 0 spiro atoms. The molecule has 0 heterocycles. The molecule has 0 aliphatic heterocycles. The van der Waals surface area contributed by atoms with Crippen LogP contribution in [0.1, 0.15) is 10.4 Å². The number of ether oxygens (including phenoxy) is 1. The molecule has 7 nitrogen and oxygen atoms in total. The van der Waals surface area contributed by atoms with E-state index in [0.29, 0.717) is 11.4 Å². The van der Waals surface area contributed by atoms with E-state index in [2.05, 4.69) is 10.6 Å². The van der Waals surface area contributed by atoms with Crippen LogP contribution in [-0.4, -0.2) is 27.9 Å². The molecule has 0 bridgehead atoms. The number of nitro groups is 1. The predicted molar refractivity (Wildman–Crippen MR) is 101 cm³/mol. The monoisotopic (exact) mass is 417 g/mol. The molecule has 0 aromatic heterocycles. The van der Waals surface area contributed by atoms with Crippen LogP contribution in [0, 0.1) is 10.1 Å². The summed E-state index contributed by atoms with van der Waals surface area (Å²) in [5.74, 6) is -0.125. The maximum Gasteiger partial charge on any atom is 0.282 e. The van der Waals surface area contributed by atoms with E-state index >= 15 is 0 Å². The molecule has 138 valence electrons. The fourth-order valence-corrected chi connectivity index (χ4v) is 2.41. The van der Waals surface area contributed by atoms with Crippen molar-refractivity contribution < 1.29 is 14.5 Å². The molecule has 2 aromatic carbocycles. The van der Waals surface area contributed by atoms with Crippen molar-refractivity contribution in [3.05, 3.63) is 64.2 Å². The minimum Gasteiger partial charge on any atom is -0.497 e. The van der Waals surface area contributed by atoms with Gasteiger partial charge in [-0.25, -0.2) is 0 Å². The first-order valence-electron chi connectivity index (χ1n) is 7.24. The molecule has 10 heteroatoms. The van der Waals surface area contributed by atoms with Gasteiger partial charge in [0.1, 0.15) is 17.5 Å². The molecule has 0 aliphatic carbocycles. The number of para-hydroxylation sites is 1. The lowest BCUT2D eigenvalue weighted by Gasteiger charge is -2.27. The van der Waals surface area contributed by atoms with Crippen molar-refractivity contribution in [3.63, 3.8) is 0 Å². The number of nitro benzene ring substituents is 1. The summed E-state index contributed by atoms with van der Waals surface area (Å²) in [4.78, 5) is 22.9. The molecule has 0 radical (unpaired) electrons. The van der Waals surface area contributed by atoms with E-state index < -0.39 is 20.8 Å². The van der Waals surface area contributed by atoms with E-state index in [1.807, 2.05) is 0 Å². The van der Waals surface area contributed by atoms with Crippen molar-refractivity contribution >= 4 is 52.1 Å². The van der Waals surface area contributed by atoms with Gasteiger partial charge in [-0.3, -0.25) is 14.9 Å². The molecule has 2 rings (SSSR count). The minimum atomic E-state index is -1.92. The third kappa shape index (κ3) is 5.14. The molecular formula is C16H14Cl3N3O4. The number of rotatable bonds is 6. The molecular weight excluding hydrogens is 405 g/mol. The summed E-state index contributed by atoms with van der Waals surface area (Å²) in [6.45, 7) is 0. The van der Waals surface area contributed by atoms with Crippen LogP contribution in [0.5, 0.6) is 5.75 Å². The summed E-state index contributed by atoms with van der Waals surface area (Å²) < 4.78 is 3.14. The molecule has 0 saturated carbocycles. The highest BCUT2D eigenvalue weighted by molar-refractivity contribution is 6.68. The summed E-state index contributed by atoms with van der Waals surface area (Å²) in [6.07, 6.45) is -1.15. The third-order valence-corrected chi connectivity index (χ3v) is 4.00. The maximum atomic E-state index is 12.5. The van der Waals surface area contributed by atoms with Crippen LogP contribution in [-0.2, 0) is 0 Å². The number of nitrogens with one attached hydrogen (secondary N) is 2. The predicted octanol–water partition coefficient (Wildman–Crippen LogP) is 4.14. The second-order valence-electron chi connectivity index (χ2n) is 5.10. The topological polar surface area (TPSA) is 93.5 Å². The van der Waals surface area contributed by atoms with Gasteiger partial charge in [0.05, 0.1) is 12.0 Å². The number of methoxy groups -OCH3 is 1. The van der Waals surface area contributed by atoms with Gasteiger partial charge in [0.2, 0.25) is 3.79 Å². The second kappa shape index (κ2) is 8.44. The van der Waals surface area contributed by atoms with Gasteiger partial charge in [0.25, 0.3) is 11.6 Å². The lowest BCUT2D eigenvalue weighted by Crippen LogP contribution is -2.49. The Morgan fingerprint density at radius 3 is 2.31 bits per heavy atom. The number of hydrogen-bond acceptors (Lipinski definition) is 5. The Hall–Kier alpha value is -2.22. The first-order chi connectivity index (χ1) is 12.2. The maximum absolute atomic E-state index is 12.5. The van der Waals surface area contributed by atoms with Gasteiger partial charge in [-0.2, -0.15) is 0 Å². The van der Waals surface area contributed by atoms with Gasteiger partial charge in [-0.15, -0.1) is 0 Å². The standard InChI is InChI=1S/C16H14Cl3N3O4/c1-26-11-8-6-10(7-9-11)20-15(16(17,18)19)21-14(23)12-4-2-3-5-13(12)22(24)25/h2-9,15,20H,1H3,(H,21,23). The van der Waals surface area contributed by atoms with Gasteiger partial charge in [-0.1, -0.05) is 46.9 Å². The van der Waals surface area contributed by atoms with Crippen molar-refractivity contribution in [3.8, 4) is 5.75 Å². The van der Waals surface area contributed by atoms with Crippen molar-refractivity contribution in [2.45, 2.75) is 9.96 Å². The molecule has 26 heavy (non-hydrogen) atoms. The summed E-state index contributed by atoms with van der Waals surface area (Å²) in [6, 6.07) is 12.2. The first kappa shape index (κ1) is 20.1. The number of hydrogen-bond donors (Lipinski definition) is 2.